The summed E-state index contributed by atoms with van der Waals surface area (Å²) in [6.45, 7) is 4.38. The smallest absolute Gasteiger partial charge is 0.226 e. The molecule has 2 rings (SSSR count). The van der Waals surface area contributed by atoms with Crippen LogP contribution in [-0.2, 0) is 4.79 Å². The van der Waals surface area contributed by atoms with E-state index in [-0.39, 0.29) is 0 Å². The Bertz CT molecular complexity index is 200. The van der Waals surface area contributed by atoms with Gasteiger partial charge in [-0.3, -0.25) is 4.79 Å². The lowest BCUT2D eigenvalue weighted by Gasteiger charge is -2.39. The van der Waals surface area contributed by atoms with Gasteiger partial charge in [-0.2, -0.15) is 0 Å². The van der Waals surface area contributed by atoms with Crippen molar-refractivity contribution in [2.75, 3.05) is 0 Å². The van der Waals surface area contributed by atoms with Gasteiger partial charge in [0.2, 0.25) is 5.91 Å². The van der Waals surface area contributed by atoms with Gasteiger partial charge in [0.05, 0.1) is 0 Å². The van der Waals surface area contributed by atoms with E-state index in [0.29, 0.717) is 23.9 Å². The number of likely N-dealkylation sites (tertiary alicyclic amines) is 1. The maximum Gasteiger partial charge on any atom is 0.226 e. The minimum Gasteiger partial charge on any atom is -0.337 e. The Balaban J connectivity index is 2.03. The topological polar surface area (TPSA) is 20.3 Å². The standard InChI is InChI=1S/C11H19NO/c1-8-4-3-5-9(2)12(8)11(13)10-6-7-10/h8-10H,3-7H2,1-2H3. The van der Waals surface area contributed by atoms with Crippen LogP contribution in [0.3, 0.4) is 0 Å². The molecule has 0 aromatic carbocycles. The van der Waals surface area contributed by atoms with Crippen LogP contribution in [0.2, 0.25) is 0 Å². The zero-order valence-corrected chi connectivity index (χ0v) is 8.62. The third kappa shape index (κ3) is 1.72. The Morgan fingerprint density at radius 1 is 1.08 bits per heavy atom. The van der Waals surface area contributed by atoms with Gasteiger partial charge in [0.15, 0.2) is 0 Å². The molecule has 2 aliphatic rings. The molecule has 74 valence electrons. The maximum atomic E-state index is 11.9. The lowest BCUT2D eigenvalue weighted by atomic mass is 9.97. The van der Waals surface area contributed by atoms with Crippen molar-refractivity contribution in [2.24, 2.45) is 5.92 Å². The number of amides is 1. The zero-order valence-electron chi connectivity index (χ0n) is 8.62. The van der Waals surface area contributed by atoms with Crippen LogP contribution in [0.4, 0.5) is 0 Å². The fourth-order valence-electron chi connectivity index (χ4n) is 2.40. The van der Waals surface area contributed by atoms with Crippen LogP contribution in [0.25, 0.3) is 0 Å². The average Bonchev–Trinajstić information content (AvgIpc) is 2.85. The van der Waals surface area contributed by atoms with Gasteiger partial charge in [-0.1, -0.05) is 0 Å². The second-order valence-electron chi connectivity index (χ2n) is 4.65. The van der Waals surface area contributed by atoms with E-state index in [1.54, 1.807) is 0 Å². The maximum absolute atomic E-state index is 11.9. The summed E-state index contributed by atoms with van der Waals surface area (Å²) in [6, 6.07) is 0.966. The van der Waals surface area contributed by atoms with E-state index in [0.717, 1.165) is 12.8 Å². The summed E-state index contributed by atoms with van der Waals surface area (Å²) in [7, 11) is 0. The fourth-order valence-corrected chi connectivity index (χ4v) is 2.40. The van der Waals surface area contributed by atoms with Crippen LogP contribution in [0, 0.1) is 5.92 Å². The number of rotatable bonds is 1. The quantitative estimate of drug-likeness (QED) is 0.607. The molecule has 0 aromatic rings. The van der Waals surface area contributed by atoms with Crippen molar-refractivity contribution in [3.8, 4) is 0 Å². The number of hydrogen-bond acceptors (Lipinski definition) is 1. The Hall–Kier alpha value is -0.530. The number of nitrogens with zero attached hydrogens (tertiary/aromatic N) is 1. The molecule has 2 fully saturated rings. The van der Waals surface area contributed by atoms with E-state index < -0.39 is 0 Å². The summed E-state index contributed by atoms with van der Waals surface area (Å²) < 4.78 is 0. The van der Waals surface area contributed by atoms with Gasteiger partial charge in [0.1, 0.15) is 0 Å². The van der Waals surface area contributed by atoms with Crippen molar-refractivity contribution >= 4 is 5.91 Å². The van der Waals surface area contributed by atoms with E-state index in [1.807, 2.05) is 0 Å². The van der Waals surface area contributed by atoms with Crippen LogP contribution < -0.4 is 0 Å². The normalized spacial score (nSPS) is 34.8. The third-order valence-electron chi connectivity index (χ3n) is 3.37. The van der Waals surface area contributed by atoms with Crippen molar-refractivity contribution in [2.45, 2.75) is 58.0 Å². The van der Waals surface area contributed by atoms with Crippen molar-refractivity contribution in [3.05, 3.63) is 0 Å². The average molecular weight is 181 g/mol. The Labute approximate surface area is 80.3 Å². The molecule has 2 unspecified atom stereocenters. The summed E-state index contributed by atoms with van der Waals surface area (Å²) in [5.74, 6) is 0.822. The molecule has 0 radical (unpaired) electrons. The minimum absolute atomic E-state index is 0.392. The second kappa shape index (κ2) is 3.32. The first-order valence-corrected chi connectivity index (χ1v) is 5.52. The highest BCUT2D eigenvalue weighted by Crippen LogP contribution is 2.34. The van der Waals surface area contributed by atoms with Gasteiger partial charge < -0.3 is 4.90 Å². The zero-order chi connectivity index (χ0) is 9.42. The summed E-state index contributed by atoms with van der Waals surface area (Å²) >= 11 is 0. The second-order valence-corrected chi connectivity index (χ2v) is 4.65. The predicted molar refractivity (Wildman–Crippen MR) is 52.3 cm³/mol. The Morgan fingerprint density at radius 2 is 1.62 bits per heavy atom. The van der Waals surface area contributed by atoms with Gasteiger partial charge in [-0.05, 0) is 46.0 Å². The lowest BCUT2D eigenvalue weighted by Crippen LogP contribution is -2.48. The minimum atomic E-state index is 0.392. The summed E-state index contributed by atoms with van der Waals surface area (Å²) in [5, 5.41) is 0. The van der Waals surface area contributed by atoms with Crippen LogP contribution in [0.5, 0.6) is 0 Å². The van der Waals surface area contributed by atoms with Crippen LogP contribution in [0.15, 0.2) is 0 Å². The Kier molecular flexibility index (Phi) is 2.31. The summed E-state index contributed by atoms with van der Waals surface area (Å²) in [6.07, 6.45) is 5.95. The SMILES string of the molecule is CC1CCCC(C)N1C(=O)C1CC1. The number of carbonyl (C=O) groups excluding carboxylic acids is 1. The highest BCUT2D eigenvalue weighted by Gasteiger charge is 2.38. The highest BCUT2D eigenvalue weighted by atomic mass is 16.2. The van der Waals surface area contributed by atoms with Gasteiger partial charge in [-0.25, -0.2) is 0 Å². The molecule has 0 bridgehead atoms. The van der Waals surface area contributed by atoms with E-state index in [9.17, 15) is 4.79 Å². The monoisotopic (exact) mass is 181 g/mol. The van der Waals surface area contributed by atoms with E-state index in [4.69, 9.17) is 0 Å². The Morgan fingerprint density at radius 3 is 2.08 bits per heavy atom. The number of hydrogen-bond donors (Lipinski definition) is 0. The molecular weight excluding hydrogens is 162 g/mol. The summed E-state index contributed by atoms with van der Waals surface area (Å²) in [5.41, 5.74) is 0. The summed E-state index contributed by atoms with van der Waals surface area (Å²) in [4.78, 5) is 14.0. The van der Waals surface area contributed by atoms with Crippen molar-refractivity contribution in [1.82, 2.24) is 4.90 Å². The van der Waals surface area contributed by atoms with Crippen LogP contribution >= 0.6 is 0 Å². The first kappa shape index (κ1) is 9.04. The predicted octanol–water partition coefficient (Wildman–Crippen LogP) is 2.19. The first-order chi connectivity index (χ1) is 6.20. The van der Waals surface area contributed by atoms with Crippen molar-refractivity contribution < 1.29 is 4.79 Å². The molecule has 13 heavy (non-hydrogen) atoms. The largest absolute Gasteiger partial charge is 0.337 e. The molecule has 2 heteroatoms. The van der Waals surface area contributed by atoms with Gasteiger partial charge >= 0.3 is 0 Å². The molecule has 2 atom stereocenters. The van der Waals surface area contributed by atoms with Crippen LogP contribution in [-0.4, -0.2) is 22.9 Å². The van der Waals surface area contributed by atoms with E-state index >= 15 is 0 Å². The molecule has 1 heterocycles. The third-order valence-corrected chi connectivity index (χ3v) is 3.37. The molecule has 0 aromatic heterocycles. The van der Waals surface area contributed by atoms with Gasteiger partial charge in [-0.15, -0.1) is 0 Å². The molecule has 1 amide bonds. The molecule has 1 saturated heterocycles. The molecular formula is C11H19NO. The first-order valence-electron chi connectivity index (χ1n) is 5.52. The van der Waals surface area contributed by atoms with Crippen molar-refractivity contribution in [1.29, 1.82) is 0 Å². The highest BCUT2D eigenvalue weighted by molar-refractivity contribution is 5.81. The molecule has 1 saturated carbocycles. The van der Waals surface area contributed by atoms with Crippen molar-refractivity contribution in [3.63, 3.8) is 0 Å². The van der Waals surface area contributed by atoms with Gasteiger partial charge in [0, 0.05) is 18.0 Å². The number of piperidine rings is 1. The molecule has 0 N–H and O–H groups in total. The fraction of sp³-hybridized carbons (Fsp3) is 0.909. The molecule has 1 aliphatic heterocycles. The lowest BCUT2D eigenvalue weighted by molar-refractivity contribution is -0.138. The molecule has 1 aliphatic carbocycles. The van der Waals surface area contributed by atoms with E-state index in [2.05, 4.69) is 18.7 Å². The molecule has 2 nitrogen and oxygen atoms in total. The van der Waals surface area contributed by atoms with Gasteiger partial charge in [0.25, 0.3) is 0 Å². The number of carbonyl (C=O) groups is 1. The van der Waals surface area contributed by atoms with Crippen LogP contribution in [0.1, 0.15) is 46.0 Å². The van der Waals surface area contributed by atoms with E-state index in [1.165, 1.54) is 19.3 Å². The molecule has 0 spiro atoms.